The lowest BCUT2D eigenvalue weighted by atomic mass is 10.2. The Hall–Kier alpha value is -2.53. The van der Waals surface area contributed by atoms with Crippen molar-refractivity contribution in [2.75, 3.05) is 6.79 Å². The molecule has 1 aliphatic heterocycles. The highest BCUT2D eigenvalue weighted by Crippen LogP contribution is 2.32. The number of carbonyl (C=O) groups excluding carboxylic acids is 1. The standard InChI is InChI=1S/C18H16ClNO4/c1-11(2)24-18(21)14-8-13(4-5-15(14)19)20-9-12-3-6-16-17(7-12)23-10-22-16/h3-9,11H,10H2,1-2H3. The van der Waals surface area contributed by atoms with Crippen molar-refractivity contribution in [2.24, 2.45) is 4.99 Å². The molecular formula is C18H16ClNO4. The highest BCUT2D eigenvalue weighted by atomic mass is 35.5. The Morgan fingerprint density at radius 1 is 1.21 bits per heavy atom. The van der Waals surface area contributed by atoms with Crippen molar-refractivity contribution >= 4 is 29.5 Å². The van der Waals surface area contributed by atoms with E-state index in [2.05, 4.69) is 4.99 Å². The predicted octanol–water partition coefficient (Wildman–Crippen LogP) is 4.38. The van der Waals surface area contributed by atoms with Gasteiger partial charge < -0.3 is 14.2 Å². The fourth-order valence-corrected chi connectivity index (χ4v) is 2.36. The largest absolute Gasteiger partial charge is 0.459 e. The molecule has 0 amide bonds. The maximum Gasteiger partial charge on any atom is 0.339 e. The molecule has 0 saturated carbocycles. The molecule has 0 N–H and O–H groups in total. The summed E-state index contributed by atoms with van der Waals surface area (Å²) in [6.07, 6.45) is 1.47. The molecule has 24 heavy (non-hydrogen) atoms. The molecule has 0 spiro atoms. The number of fused-ring (bicyclic) bond motifs is 1. The van der Waals surface area contributed by atoms with Crippen LogP contribution in [0.1, 0.15) is 29.8 Å². The Morgan fingerprint density at radius 3 is 2.79 bits per heavy atom. The van der Waals surface area contributed by atoms with Gasteiger partial charge in [-0.1, -0.05) is 11.6 Å². The van der Waals surface area contributed by atoms with Gasteiger partial charge in [0.25, 0.3) is 0 Å². The second-order valence-corrected chi connectivity index (χ2v) is 5.90. The Bertz CT molecular complexity index is 802. The number of nitrogens with zero attached hydrogens (tertiary/aromatic N) is 1. The van der Waals surface area contributed by atoms with Gasteiger partial charge in [-0.05, 0) is 55.8 Å². The molecule has 3 rings (SSSR count). The van der Waals surface area contributed by atoms with Crippen molar-refractivity contribution in [3.63, 3.8) is 0 Å². The monoisotopic (exact) mass is 345 g/mol. The fraction of sp³-hybridized carbons (Fsp3) is 0.222. The Morgan fingerprint density at radius 2 is 2.00 bits per heavy atom. The van der Waals surface area contributed by atoms with E-state index in [1.165, 1.54) is 0 Å². The van der Waals surface area contributed by atoms with Crippen LogP contribution in [0.15, 0.2) is 41.4 Å². The minimum Gasteiger partial charge on any atom is -0.459 e. The minimum atomic E-state index is -0.463. The molecular weight excluding hydrogens is 330 g/mol. The SMILES string of the molecule is CC(C)OC(=O)c1cc(N=Cc2ccc3c(c2)OCO3)ccc1Cl. The number of esters is 1. The fourth-order valence-electron chi connectivity index (χ4n) is 2.17. The van der Waals surface area contributed by atoms with Crippen LogP contribution in [-0.2, 0) is 4.74 Å². The summed E-state index contributed by atoms with van der Waals surface area (Å²) < 4.78 is 15.8. The Balaban J connectivity index is 1.81. The van der Waals surface area contributed by atoms with Crippen molar-refractivity contribution in [1.82, 2.24) is 0 Å². The number of ether oxygens (including phenoxy) is 3. The van der Waals surface area contributed by atoms with E-state index in [1.807, 2.05) is 18.2 Å². The van der Waals surface area contributed by atoms with Gasteiger partial charge in [-0.3, -0.25) is 4.99 Å². The number of hydrogen-bond acceptors (Lipinski definition) is 5. The van der Waals surface area contributed by atoms with Crippen LogP contribution in [0.5, 0.6) is 11.5 Å². The third-order valence-electron chi connectivity index (χ3n) is 3.27. The lowest BCUT2D eigenvalue weighted by Crippen LogP contribution is -2.11. The highest BCUT2D eigenvalue weighted by molar-refractivity contribution is 6.33. The van der Waals surface area contributed by atoms with Crippen LogP contribution < -0.4 is 9.47 Å². The van der Waals surface area contributed by atoms with Crippen LogP contribution in [0.4, 0.5) is 5.69 Å². The van der Waals surface area contributed by atoms with Crippen molar-refractivity contribution < 1.29 is 19.0 Å². The summed E-state index contributed by atoms with van der Waals surface area (Å²) in [6, 6.07) is 10.5. The number of halogens is 1. The molecule has 6 heteroatoms. The third kappa shape index (κ3) is 3.68. The zero-order valence-corrected chi connectivity index (χ0v) is 14.0. The molecule has 0 bridgehead atoms. The first-order chi connectivity index (χ1) is 11.5. The average Bonchev–Trinajstić information content (AvgIpc) is 3.01. The average molecular weight is 346 g/mol. The smallest absolute Gasteiger partial charge is 0.339 e. The summed E-state index contributed by atoms with van der Waals surface area (Å²) >= 11 is 6.07. The molecule has 0 radical (unpaired) electrons. The second-order valence-electron chi connectivity index (χ2n) is 5.49. The van der Waals surface area contributed by atoms with Crippen LogP contribution in [0.2, 0.25) is 5.02 Å². The summed E-state index contributed by atoms with van der Waals surface area (Å²) in [7, 11) is 0. The maximum absolute atomic E-state index is 12.0. The minimum absolute atomic E-state index is 0.214. The Labute approximate surface area is 144 Å². The normalized spacial score (nSPS) is 12.8. The molecule has 0 aromatic heterocycles. The molecule has 2 aromatic carbocycles. The van der Waals surface area contributed by atoms with E-state index in [4.69, 9.17) is 25.8 Å². The number of carbonyl (C=O) groups is 1. The maximum atomic E-state index is 12.0. The van der Waals surface area contributed by atoms with Gasteiger partial charge in [0.1, 0.15) is 0 Å². The first-order valence-electron chi connectivity index (χ1n) is 7.47. The van der Waals surface area contributed by atoms with Crippen LogP contribution in [0, 0.1) is 0 Å². The van der Waals surface area contributed by atoms with E-state index in [1.54, 1.807) is 38.3 Å². The molecule has 0 saturated heterocycles. The highest BCUT2D eigenvalue weighted by Gasteiger charge is 2.14. The van der Waals surface area contributed by atoms with Gasteiger partial charge >= 0.3 is 5.97 Å². The summed E-state index contributed by atoms with van der Waals surface area (Å²) in [5, 5.41) is 0.336. The Kier molecular flexibility index (Phi) is 4.71. The van der Waals surface area contributed by atoms with Crippen molar-refractivity contribution in [3.05, 3.63) is 52.5 Å². The van der Waals surface area contributed by atoms with Crippen molar-refractivity contribution in [1.29, 1.82) is 0 Å². The van der Waals surface area contributed by atoms with Gasteiger partial charge in [0.2, 0.25) is 6.79 Å². The summed E-state index contributed by atoms with van der Waals surface area (Å²) in [4.78, 5) is 16.4. The molecule has 5 nitrogen and oxygen atoms in total. The number of rotatable bonds is 4. The summed E-state index contributed by atoms with van der Waals surface area (Å²) in [5.41, 5.74) is 1.76. The first-order valence-corrected chi connectivity index (χ1v) is 7.85. The number of benzene rings is 2. The van der Waals surface area contributed by atoms with Crippen LogP contribution in [0.25, 0.3) is 0 Å². The molecule has 2 aromatic rings. The van der Waals surface area contributed by atoms with E-state index in [0.717, 1.165) is 11.3 Å². The summed E-state index contributed by atoms with van der Waals surface area (Å²) in [6.45, 7) is 3.80. The lowest BCUT2D eigenvalue weighted by molar-refractivity contribution is 0.0378. The zero-order valence-electron chi connectivity index (χ0n) is 13.3. The quantitative estimate of drug-likeness (QED) is 0.609. The second kappa shape index (κ2) is 6.93. The number of hydrogen-bond donors (Lipinski definition) is 0. The van der Waals surface area contributed by atoms with Crippen LogP contribution >= 0.6 is 11.6 Å². The van der Waals surface area contributed by atoms with Gasteiger partial charge in [-0.25, -0.2) is 4.79 Å². The van der Waals surface area contributed by atoms with Gasteiger partial charge in [0, 0.05) is 6.21 Å². The van der Waals surface area contributed by atoms with E-state index < -0.39 is 5.97 Å². The van der Waals surface area contributed by atoms with Crippen LogP contribution in [-0.4, -0.2) is 25.1 Å². The van der Waals surface area contributed by atoms with Crippen LogP contribution in [0.3, 0.4) is 0 Å². The first kappa shape index (κ1) is 16.3. The van der Waals surface area contributed by atoms with E-state index in [-0.39, 0.29) is 12.9 Å². The summed E-state index contributed by atoms with van der Waals surface area (Å²) in [5.74, 6) is 0.948. The molecule has 0 atom stereocenters. The molecule has 1 aliphatic rings. The predicted molar refractivity (Wildman–Crippen MR) is 91.8 cm³/mol. The van der Waals surface area contributed by atoms with Gasteiger partial charge in [-0.2, -0.15) is 0 Å². The molecule has 0 aliphatic carbocycles. The van der Waals surface area contributed by atoms with Gasteiger partial charge in [0.15, 0.2) is 11.5 Å². The van der Waals surface area contributed by atoms with Gasteiger partial charge in [0.05, 0.1) is 22.4 Å². The van der Waals surface area contributed by atoms with Gasteiger partial charge in [-0.15, -0.1) is 0 Å². The van der Waals surface area contributed by atoms with E-state index in [0.29, 0.717) is 22.0 Å². The molecule has 1 heterocycles. The molecule has 0 fully saturated rings. The van der Waals surface area contributed by atoms with E-state index >= 15 is 0 Å². The van der Waals surface area contributed by atoms with E-state index in [9.17, 15) is 4.79 Å². The number of aliphatic imine (C=N–C) groups is 1. The zero-order chi connectivity index (χ0) is 17.1. The topological polar surface area (TPSA) is 57.1 Å². The molecule has 124 valence electrons. The third-order valence-corrected chi connectivity index (χ3v) is 3.60. The van der Waals surface area contributed by atoms with Crippen molar-refractivity contribution in [3.8, 4) is 11.5 Å². The molecule has 0 unspecified atom stereocenters. The van der Waals surface area contributed by atoms with Crippen molar-refractivity contribution in [2.45, 2.75) is 20.0 Å². The lowest BCUT2D eigenvalue weighted by Gasteiger charge is -2.09.